The Kier molecular flexibility index (Phi) is 6.74. The first kappa shape index (κ1) is 17.0. The van der Waals surface area contributed by atoms with E-state index in [-0.39, 0.29) is 12.1 Å². The maximum absolute atomic E-state index is 6.24. The first-order valence-electron chi connectivity index (χ1n) is 7.38. The second-order valence-electron chi connectivity index (χ2n) is 5.42. The van der Waals surface area contributed by atoms with Crippen LogP contribution in [0.25, 0.3) is 0 Å². The van der Waals surface area contributed by atoms with Crippen molar-refractivity contribution in [3.05, 3.63) is 33.8 Å². The fourth-order valence-electron chi connectivity index (χ4n) is 2.72. The quantitative estimate of drug-likeness (QED) is 0.621. The Hall–Kier alpha value is -0.360. The third kappa shape index (κ3) is 4.81. The zero-order valence-electron chi connectivity index (χ0n) is 12.3. The second-order valence-corrected chi connectivity index (χ2v) is 6.27. The number of hydrogen-bond acceptors (Lipinski definition) is 4. The van der Waals surface area contributed by atoms with Gasteiger partial charge in [0.1, 0.15) is 0 Å². The lowest BCUT2D eigenvalue weighted by Crippen LogP contribution is -2.54. The summed E-state index contributed by atoms with van der Waals surface area (Å²) in [6, 6.07) is 5.59. The number of nitrogens with zero attached hydrogens (tertiary/aromatic N) is 1. The van der Waals surface area contributed by atoms with Gasteiger partial charge < -0.3 is 4.74 Å². The van der Waals surface area contributed by atoms with Crippen molar-refractivity contribution in [1.29, 1.82) is 0 Å². The minimum atomic E-state index is 0.0309. The van der Waals surface area contributed by atoms with Crippen LogP contribution in [-0.4, -0.2) is 43.3 Å². The highest BCUT2D eigenvalue weighted by Crippen LogP contribution is 2.23. The molecule has 2 atom stereocenters. The Morgan fingerprint density at radius 3 is 2.95 bits per heavy atom. The van der Waals surface area contributed by atoms with Gasteiger partial charge in [0, 0.05) is 23.1 Å². The van der Waals surface area contributed by atoms with Crippen molar-refractivity contribution in [1.82, 2.24) is 10.3 Å². The van der Waals surface area contributed by atoms with E-state index < -0.39 is 0 Å². The average molecular weight is 332 g/mol. The summed E-state index contributed by atoms with van der Waals surface area (Å²) >= 11 is 12.2. The molecule has 118 valence electrons. The van der Waals surface area contributed by atoms with Crippen LogP contribution in [0.2, 0.25) is 10.0 Å². The maximum Gasteiger partial charge on any atom is 0.0871 e. The van der Waals surface area contributed by atoms with E-state index in [2.05, 4.69) is 17.2 Å². The lowest BCUT2D eigenvalue weighted by atomic mass is 10.0. The summed E-state index contributed by atoms with van der Waals surface area (Å²) in [5.41, 5.74) is 3.91. The fourth-order valence-corrected chi connectivity index (χ4v) is 3.20. The van der Waals surface area contributed by atoms with Gasteiger partial charge in [0.2, 0.25) is 0 Å². The van der Waals surface area contributed by atoms with Gasteiger partial charge in [0.05, 0.1) is 18.8 Å². The molecule has 0 spiro atoms. The molecule has 1 fully saturated rings. The predicted octanol–water partition coefficient (Wildman–Crippen LogP) is 2.48. The molecule has 4 nitrogen and oxygen atoms in total. The number of benzene rings is 1. The molecule has 0 amide bonds. The van der Waals surface area contributed by atoms with E-state index in [1.54, 1.807) is 6.07 Å². The molecule has 0 bridgehead atoms. The first-order chi connectivity index (χ1) is 10.1. The number of morpholine rings is 1. The van der Waals surface area contributed by atoms with Crippen LogP contribution in [0.5, 0.6) is 0 Å². The molecule has 1 heterocycles. The molecular formula is C15H23Cl2N3O. The molecular weight excluding hydrogens is 309 g/mol. The van der Waals surface area contributed by atoms with Crippen LogP contribution in [0.4, 0.5) is 0 Å². The molecule has 1 aliphatic heterocycles. The summed E-state index contributed by atoms with van der Waals surface area (Å²) in [4.78, 5) is 2.42. The monoisotopic (exact) mass is 331 g/mol. The van der Waals surface area contributed by atoms with Gasteiger partial charge in [0.25, 0.3) is 0 Å². The van der Waals surface area contributed by atoms with Crippen molar-refractivity contribution >= 4 is 23.2 Å². The Morgan fingerprint density at radius 1 is 1.48 bits per heavy atom. The predicted molar refractivity (Wildman–Crippen MR) is 87.7 cm³/mol. The summed E-state index contributed by atoms with van der Waals surface area (Å²) in [5, 5.41) is 1.31. The van der Waals surface area contributed by atoms with E-state index in [1.165, 1.54) is 0 Å². The van der Waals surface area contributed by atoms with Crippen LogP contribution < -0.4 is 11.3 Å². The molecule has 1 saturated heterocycles. The van der Waals surface area contributed by atoms with Crippen molar-refractivity contribution in [2.45, 2.75) is 31.9 Å². The Morgan fingerprint density at radius 2 is 2.29 bits per heavy atom. The van der Waals surface area contributed by atoms with Gasteiger partial charge in [-0.25, -0.2) is 0 Å². The first-order valence-corrected chi connectivity index (χ1v) is 8.13. The van der Waals surface area contributed by atoms with E-state index in [1.807, 2.05) is 12.1 Å². The standard InChI is InChI=1S/C15H23Cl2N3O/c1-2-5-20-6-7-21-15(10-20)14(19-18)8-11-3-4-12(16)9-13(11)17/h3-4,9,14-15,19H,2,5-8,10,18H2,1H3. The minimum absolute atomic E-state index is 0.0309. The summed E-state index contributed by atoms with van der Waals surface area (Å²) in [6.45, 7) is 5.92. The van der Waals surface area contributed by atoms with Gasteiger partial charge in [-0.3, -0.25) is 16.2 Å². The van der Waals surface area contributed by atoms with Gasteiger partial charge in [-0.1, -0.05) is 36.2 Å². The minimum Gasteiger partial charge on any atom is -0.374 e. The Labute approximate surface area is 136 Å². The smallest absolute Gasteiger partial charge is 0.0871 e. The van der Waals surface area contributed by atoms with Crippen molar-refractivity contribution in [3.8, 4) is 0 Å². The van der Waals surface area contributed by atoms with Gasteiger partial charge in [0.15, 0.2) is 0 Å². The lowest BCUT2D eigenvalue weighted by Gasteiger charge is -2.36. The molecule has 0 saturated carbocycles. The van der Waals surface area contributed by atoms with Crippen LogP contribution in [-0.2, 0) is 11.2 Å². The maximum atomic E-state index is 6.24. The average Bonchev–Trinajstić information content (AvgIpc) is 2.47. The number of halogens is 2. The zero-order chi connectivity index (χ0) is 15.2. The number of nitrogens with two attached hydrogens (primary N) is 1. The van der Waals surface area contributed by atoms with Crippen molar-refractivity contribution in [3.63, 3.8) is 0 Å². The molecule has 1 aromatic carbocycles. The van der Waals surface area contributed by atoms with Gasteiger partial charge >= 0.3 is 0 Å². The molecule has 1 aromatic rings. The molecule has 2 rings (SSSR count). The fraction of sp³-hybridized carbons (Fsp3) is 0.600. The molecule has 2 unspecified atom stereocenters. The molecule has 0 aromatic heterocycles. The van der Waals surface area contributed by atoms with Gasteiger partial charge in [-0.05, 0) is 37.1 Å². The van der Waals surface area contributed by atoms with E-state index in [4.69, 9.17) is 33.8 Å². The van der Waals surface area contributed by atoms with Crippen molar-refractivity contribution < 1.29 is 4.74 Å². The van der Waals surface area contributed by atoms with Crippen LogP contribution >= 0.6 is 23.2 Å². The highest BCUT2D eigenvalue weighted by Gasteiger charge is 2.27. The Balaban J connectivity index is 2.01. The molecule has 0 radical (unpaired) electrons. The largest absolute Gasteiger partial charge is 0.374 e. The van der Waals surface area contributed by atoms with E-state index >= 15 is 0 Å². The third-order valence-electron chi connectivity index (χ3n) is 3.84. The summed E-state index contributed by atoms with van der Waals surface area (Å²) < 4.78 is 5.89. The molecule has 1 aliphatic rings. The van der Waals surface area contributed by atoms with Gasteiger partial charge in [-0.2, -0.15) is 0 Å². The number of hydrogen-bond donors (Lipinski definition) is 2. The third-order valence-corrected chi connectivity index (χ3v) is 4.42. The highest BCUT2D eigenvalue weighted by molar-refractivity contribution is 6.35. The summed E-state index contributed by atoms with van der Waals surface area (Å²) in [5.74, 6) is 5.73. The summed E-state index contributed by atoms with van der Waals surface area (Å²) in [7, 11) is 0. The van der Waals surface area contributed by atoms with Gasteiger partial charge in [-0.15, -0.1) is 0 Å². The van der Waals surface area contributed by atoms with Crippen LogP contribution in [0.1, 0.15) is 18.9 Å². The van der Waals surface area contributed by atoms with Crippen LogP contribution in [0.15, 0.2) is 18.2 Å². The van der Waals surface area contributed by atoms with E-state index in [0.717, 1.165) is 44.6 Å². The Bertz CT molecular complexity index is 457. The van der Waals surface area contributed by atoms with Crippen molar-refractivity contribution in [2.24, 2.45) is 5.84 Å². The topological polar surface area (TPSA) is 50.5 Å². The van der Waals surface area contributed by atoms with Crippen molar-refractivity contribution in [2.75, 3.05) is 26.2 Å². The summed E-state index contributed by atoms with van der Waals surface area (Å²) in [6.07, 6.45) is 1.94. The van der Waals surface area contributed by atoms with Crippen LogP contribution in [0, 0.1) is 0 Å². The van der Waals surface area contributed by atoms with E-state index in [9.17, 15) is 0 Å². The molecule has 0 aliphatic carbocycles. The number of hydrazine groups is 1. The SMILES string of the molecule is CCCN1CCOC(C(Cc2ccc(Cl)cc2Cl)NN)C1. The molecule has 21 heavy (non-hydrogen) atoms. The van der Waals surface area contributed by atoms with E-state index in [0.29, 0.717) is 10.0 Å². The number of ether oxygens (including phenoxy) is 1. The highest BCUT2D eigenvalue weighted by atomic mass is 35.5. The lowest BCUT2D eigenvalue weighted by molar-refractivity contribution is -0.0462. The zero-order valence-corrected chi connectivity index (χ0v) is 13.8. The number of nitrogens with one attached hydrogen (secondary N) is 1. The normalized spacial score (nSPS) is 21.4. The second kappa shape index (κ2) is 8.32. The number of rotatable bonds is 6. The molecule has 3 N–H and O–H groups in total. The molecule has 6 heteroatoms. The van der Waals surface area contributed by atoms with Crippen LogP contribution in [0.3, 0.4) is 0 Å².